The van der Waals surface area contributed by atoms with Gasteiger partial charge in [-0.15, -0.1) is 0 Å². The molecule has 0 aliphatic carbocycles. The number of benzene rings is 2. The Balaban J connectivity index is 1.52. The lowest BCUT2D eigenvalue weighted by Crippen LogP contribution is -2.43. The molecule has 2 aliphatic heterocycles. The standard InChI is InChI=1S/C21H26N2O6S/c1-2-27-17-4-6-18(7-5-17)30(24,25)22-14-19(23-9-11-26-12-10-23)16-3-8-20-21(13-16)29-15-28-20/h3-8,13,19,22H,2,9-12,14-15H2,1H3. The smallest absolute Gasteiger partial charge is 0.240 e. The van der Waals surface area contributed by atoms with E-state index in [0.29, 0.717) is 37.1 Å². The Hall–Kier alpha value is -2.33. The molecule has 0 bridgehead atoms. The van der Waals surface area contributed by atoms with Crippen molar-refractivity contribution in [2.24, 2.45) is 0 Å². The topological polar surface area (TPSA) is 86.3 Å². The highest BCUT2D eigenvalue weighted by molar-refractivity contribution is 7.89. The summed E-state index contributed by atoms with van der Waals surface area (Å²) in [7, 11) is -3.66. The van der Waals surface area contributed by atoms with Crippen LogP contribution >= 0.6 is 0 Å². The monoisotopic (exact) mass is 434 g/mol. The van der Waals surface area contributed by atoms with E-state index >= 15 is 0 Å². The summed E-state index contributed by atoms with van der Waals surface area (Å²) in [6.07, 6.45) is 0. The number of morpholine rings is 1. The van der Waals surface area contributed by atoms with Crippen LogP contribution in [0, 0.1) is 0 Å². The van der Waals surface area contributed by atoms with Gasteiger partial charge in [0.2, 0.25) is 16.8 Å². The van der Waals surface area contributed by atoms with Crippen LogP contribution in [0.4, 0.5) is 0 Å². The molecule has 162 valence electrons. The zero-order chi connectivity index (χ0) is 21.0. The first kappa shape index (κ1) is 20.9. The van der Waals surface area contributed by atoms with Crippen LogP contribution in [0.1, 0.15) is 18.5 Å². The van der Waals surface area contributed by atoms with E-state index in [1.54, 1.807) is 24.3 Å². The average molecular weight is 435 g/mol. The normalized spacial score (nSPS) is 17.6. The molecule has 9 heteroatoms. The predicted octanol–water partition coefficient (Wildman–Crippen LogP) is 2.17. The highest BCUT2D eigenvalue weighted by atomic mass is 32.2. The molecule has 1 atom stereocenters. The van der Waals surface area contributed by atoms with E-state index in [0.717, 1.165) is 18.7 Å². The van der Waals surface area contributed by atoms with Crippen LogP contribution in [-0.4, -0.2) is 59.6 Å². The fourth-order valence-electron chi connectivity index (χ4n) is 3.62. The molecular weight excluding hydrogens is 408 g/mol. The van der Waals surface area contributed by atoms with E-state index < -0.39 is 10.0 Å². The number of fused-ring (bicyclic) bond motifs is 1. The van der Waals surface area contributed by atoms with E-state index in [1.807, 2.05) is 25.1 Å². The van der Waals surface area contributed by atoms with Gasteiger partial charge in [-0.05, 0) is 48.9 Å². The fourth-order valence-corrected chi connectivity index (χ4v) is 4.66. The van der Waals surface area contributed by atoms with E-state index in [9.17, 15) is 8.42 Å². The summed E-state index contributed by atoms with van der Waals surface area (Å²) in [6.45, 7) is 5.53. The van der Waals surface area contributed by atoms with Gasteiger partial charge in [0.05, 0.1) is 24.7 Å². The highest BCUT2D eigenvalue weighted by Crippen LogP contribution is 2.35. The quantitative estimate of drug-likeness (QED) is 0.681. The molecule has 2 aliphatic rings. The third-order valence-corrected chi connectivity index (χ3v) is 6.62. The van der Waals surface area contributed by atoms with Crippen molar-refractivity contribution in [1.29, 1.82) is 0 Å². The van der Waals surface area contributed by atoms with Crippen molar-refractivity contribution in [2.45, 2.75) is 17.9 Å². The first-order chi connectivity index (χ1) is 14.6. The Morgan fingerprint density at radius 1 is 1.07 bits per heavy atom. The maximum absolute atomic E-state index is 12.9. The molecule has 0 saturated carbocycles. The number of hydrogen-bond acceptors (Lipinski definition) is 7. The second kappa shape index (κ2) is 9.22. The minimum Gasteiger partial charge on any atom is -0.494 e. The van der Waals surface area contributed by atoms with Gasteiger partial charge < -0.3 is 18.9 Å². The summed E-state index contributed by atoms with van der Waals surface area (Å²) in [5.74, 6) is 2.03. The second-order valence-electron chi connectivity index (χ2n) is 7.03. The average Bonchev–Trinajstić information content (AvgIpc) is 3.23. The van der Waals surface area contributed by atoms with Crippen LogP contribution in [0.25, 0.3) is 0 Å². The minimum absolute atomic E-state index is 0.152. The summed E-state index contributed by atoms with van der Waals surface area (Å²) in [6, 6.07) is 12.0. The second-order valence-corrected chi connectivity index (χ2v) is 8.80. The van der Waals surface area contributed by atoms with Crippen LogP contribution in [-0.2, 0) is 14.8 Å². The maximum Gasteiger partial charge on any atom is 0.240 e. The van der Waals surface area contributed by atoms with Gasteiger partial charge in [0.15, 0.2) is 11.5 Å². The minimum atomic E-state index is -3.66. The molecule has 2 aromatic rings. The molecule has 0 amide bonds. The molecule has 0 aromatic heterocycles. The molecule has 1 unspecified atom stereocenters. The zero-order valence-electron chi connectivity index (χ0n) is 16.9. The number of rotatable bonds is 8. The number of nitrogens with zero attached hydrogens (tertiary/aromatic N) is 1. The van der Waals surface area contributed by atoms with E-state index in [2.05, 4.69) is 9.62 Å². The van der Waals surface area contributed by atoms with E-state index in [-0.39, 0.29) is 24.3 Å². The van der Waals surface area contributed by atoms with Crippen molar-refractivity contribution >= 4 is 10.0 Å². The Bertz CT molecular complexity index is 958. The first-order valence-corrected chi connectivity index (χ1v) is 11.5. The number of nitrogens with one attached hydrogen (secondary N) is 1. The Labute approximate surface area is 176 Å². The summed E-state index contributed by atoms with van der Waals surface area (Å²) in [5.41, 5.74) is 0.968. The van der Waals surface area contributed by atoms with Crippen LogP contribution in [0.15, 0.2) is 47.4 Å². The van der Waals surface area contributed by atoms with Gasteiger partial charge in [0.1, 0.15) is 5.75 Å². The van der Waals surface area contributed by atoms with Crippen molar-refractivity contribution in [3.63, 3.8) is 0 Å². The van der Waals surface area contributed by atoms with Gasteiger partial charge in [0.25, 0.3) is 0 Å². The summed E-state index contributed by atoms with van der Waals surface area (Å²) < 4.78 is 50.3. The fraction of sp³-hybridized carbons (Fsp3) is 0.429. The number of sulfonamides is 1. The van der Waals surface area contributed by atoms with Gasteiger partial charge in [-0.1, -0.05) is 6.07 Å². The van der Waals surface area contributed by atoms with Gasteiger partial charge in [-0.3, -0.25) is 4.90 Å². The van der Waals surface area contributed by atoms with Gasteiger partial charge in [-0.25, -0.2) is 13.1 Å². The van der Waals surface area contributed by atoms with Crippen LogP contribution in [0.2, 0.25) is 0 Å². The zero-order valence-corrected chi connectivity index (χ0v) is 17.7. The number of hydrogen-bond donors (Lipinski definition) is 1. The molecule has 1 fully saturated rings. The van der Waals surface area contributed by atoms with Crippen molar-refractivity contribution in [3.05, 3.63) is 48.0 Å². The first-order valence-electron chi connectivity index (χ1n) is 10.0. The van der Waals surface area contributed by atoms with Crippen LogP contribution in [0.3, 0.4) is 0 Å². The highest BCUT2D eigenvalue weighted by Gasteiger charge is 2.27. The van der Waals surface area contributed by atoms with Crippen molar-refractivity contribution < 1.29 is 27.4 Å². The van der Waals surface area contributed by atoms with Gasteiger partial charge >= 0.3 is 0 Å². The predicted molar refractivity (Wildman–Crippen MR) is 110 cm³/mol. The Morgan fingerprint density at radius 2 is 1.80 bits per heavy atom. The maximum atomic E-state index is 12.9. The lowest BCUT2D eigenvalue weighted by molar-refractivity contribution is 0.0171. The third-order valence-electron chi connectivity index (χ3n) is 5.18. The molecule has 2 aromatic carbocycles. The Morgan fingerprint density at radius 3 is 2.53 bits per heavy atom. The van der Waals surface area contributed by atoms with Crippen molar-refractivity contribution in [1.82, 2.24) is 9.62 Å². The number of ether oxygens (including phenoxy) is 4. The van der Waals surface area contributed by atoms with E-state index in [4.69, 9.17) is 18.9 Å². The van der Waals surface area contributed by atoms with Gasteiger partial charge in [-0.2, -0.15) is 0 Å². The molecule has 0 radical (unpaired) electrons. The Kier molecular flexibility index (Phi) is 6.43. The molecule has 4 rings (SSSR count). The molecular formula is C21H26N2O6S. The summed E-state index contributed by atoms with van der Waals surface area (Å²) in [5, 5.41) is 0. The summed E-state index contributed by atoms with van der Waals surface area (Å²) in [4.78, 5) is 2.43. The molecule has 1 N–H and O–H groups in total. The molecule has 0 spiro atoms. The molecule has 2 heterocycles. The van der Waals surface area contributed by atoms with E-state index in [1.165, 1.54) is 0 Å². The molecule has 1 saturated heterocycles. The molecule has 30 heavy (non-hydrogen) atoms. The van der Waals surface area contributed by atoms with Crippen LogP contribution < -0.4 is 18.9 Å². The lowest BCUT2D eigenvalue weighted by Gasteiger charge is -2.35. The lowest BCUT2D eigenvalue weighted by atomic mass is 10.0. The van der Waals surface area contributed by atoms with Crippen LogP contribution in [0.5, 0.6) is 17.2 Å². The van der Waals surface area contributed by atoms with Crippen molar-refractivity contribution in [3.8, 4) is 17.2 Å². The molecule has 8 nitrogen and oxygen atoms in total. The van der Waals surface area contributed by atoms with Gasteiger partial charge in [0, 0.05) is 25.7 Å². The largest absolute Gasteiger partial charge is 0.494 e. The SMILES string of the molecule is CCOc1ccc(S(=O)(=O)NCC(c2ccc3c(c2)OCO3)N2CCOCC2)cc1. The third kappa shape index (κ3) is 4.70. The van der Waals surface area contributed by atoms with Crippen molar-refractivity contribution in [2.75, 3.05) is 46.2 Å². The summed E-state index contributed by atoms with van der Waals surface area (Å²) >= 11 is 0.